The Bertz CT molecular complexity index is 459. The second kappa shape index (κ2) is 5.14. The molecule has 1 saturated heterocycles. The van der Waals surface area contributed by atoms with E-state index in [1.807, 2.05) is 18.3 Å². The van der Waals surface area contributed by atoms with E-state index in [4.69, 9.17) is 0 Å². The smallest absolute Gasteiger partial charge is 0.211 e. The van der Waals surface area contributed by atoms with Gasteiger partial charge in [-0.25, -0.2) is 12.7 Å². The van der Waals surface area contributed by atoms with Crippen LogP contribution in [0, 0.1) is 5.92 Å². The van der Waals surface area contributed by atoms with Gasteiger partial charge < -0.3 is 0 Å². The van der Waals surface area contributed by atoms with Gasteiger partial charge in [-0.1, -0.05) is 6.07 Å². The van der Waals surface area contributed by atoms with E-state index >= 15 is 0 Å². The zero-order valence-electron chi connectivity index (χ0n) is 10.0. The largest absolute Gasteiger partial charge is 0.264 e. The SMILES string of the molecule is CS(=O)(=O)N1CCC[C@H](Cc2cccnc2)C1. The van der Waals surface area contributed by atoms with Crippen LogP contribution in [0.25, 0.3) is 0 Å². The Morgan fingerprint density at radius 2 is 2.35 bits per heavy atom. The number of aromatic nitrogens is 1. The molecule has 0 aromatic carbocycles. The fourth-order valence-corrected chi connectivity index (χ4v) is 3.29. The highest BCUT2D eigenvalue weighted by molar-refractivity contribution is 7.88. The first-order valence-corrected chi connectivity index (χ1v) is 7.74. The maximum Gasteiger partial charge on any atom is 0.211 e. The lowest BCUT2D eigenvalue weighted by atomic mass is 9.93. The summed E-state index contributed by atoms with van der Waals surface area (Å²) in [5, 5.41) is 0. The lowest BCUT2D eigenvalue weighted by molar-refractivity contribution is 0.266. The quantitative estimate of drug-likeness (QED) is 0.817. The Hall–Kier alpha value is -0.940. The maximum atomic E-state index is 11.5. The first kappa shape index (κ1) is 12.5. The normalized spacial score (nSPS) is 22.5. The highest BCUT2D eigenvalue weighted by atomic mass is 32.2. The third-order valence-electron chi connectivity index (χ3n) is 3.20. The Balaban J connectivity index is 1.99. The summed E-state index contributed by atoms with van der Waals surface area (Å²) >= 11 is 0. The topological polar surface area (TPSA) is 50.3 Å². The van der Waals surface area contributed by atoms with Crippen LogP contribution in [-0.4, -0.2) is 37.1 Å². The summed E-state index contributed by atoms with van der Waals surface area (Å²) in [5.74, 6) is 0.419. The Kier molecular flexibility index (Phi) is 3.79. The van der Waals surface area contributed by atoms with E-state index in [0.717, 1.165) is 19.3 Å². The molecule has 2 heterocycles. The second-order valence-electron chi connectivity index (χ2n) is 4.69. The van der Waals surface area contributed by atoms with Gasteiger partial charge in [0.25, 0.3) is 0 Å². The first-order valence-electron chi connectivity index (χ1n) is 5.90. The molecule has 5 heteroatoms. The summed E-state index contributed by atoms with van der Waals surface area (Å²) in [6.07, 6.45) is 7.88. The van der Waals surface area contributed by atoms with Crippen molar-refractivity contribution in [3.63, 3.8) is 0 Å². The van der Waals surface area contributed by atoms with E-state index in [-0.39, 0.29) is 0 Å². The Morgan fingerprint density at radius 1 is 1.53 bits per heavy atom. The molecular weight excluding hydrogens is 236 g/mol. The van der Waals surface area contributed by atoms with Gasteiger partial charge >= 0.3 is 0 Å². The molecule has 1 aromatic rings. The van der Waals surface area contributed by atoms with Crippen molar-refractivity contribution in [3.05, 3.63) is 30.1 Å². The van der Waals surface area contributed by atoms with Crippen molar-refractivity contribution in [2.75, 3.05) is 19.3 Å². The summed E-state index contributed by atoms with van der Waals surface area (Å²) in [4.78, 5) is 4.09. The van der Waals surface area contributed by atoms with Gasteiger partial charge in [-0.15, -0.1) is 0 Å². The number of hydrogen-bond acceptors (Lipinski definition) is 3. The molecule has 0 amide bonds. The van der Waals surface area contributed by atoms with Crippen LogP contribution in [0.15, 0.2) is 24.5 Å². The van der Waals surface area contributed by atoms with Crippen molar-refractivity contribution >= 4 is 10.0 Å². The minimum Gasteiger partial charge on any atom is -0.264 e. The molecule has 1 fully saturated rings. The van der Waals surface area contributed by atoms with Crippen LogP contribution >= 0.6 is 0 Å². The average molecular weight is 254 g/mol. The number of rotatable bonds is 3. The molecule has 1 aromatic heterocycles. The third-order valence-corrected chi connectivity index (χ3v) is 4.47. The molecule has 0 spiro atoms. The van der Waals surface area contributed by atoms with Crippen LogP contribution in [0.2, 0.25) is 0 Å². The molecule has 1 aliphatic rings. The summed E-state index contributed by atoms with van der Waals surface area (Å²) in [5.41, 5.74) is 1.19. The predicted octanol–water partition coefficient (Wildman–Crippen LogP) is 1.30. The van der Waals surface area contributed by atoms with Crippen LogP contribution < -0.4 is 0 Å². The lowest BCUT2D eigenvalue weighted by Gasteiger charge is -2.30. The minimum atomic E-state index is -3.03. The third kappa shape index (κ3) is 3.51. The summed E-state index contributed by atoms with van der Waals surface area (Å²) < 4.78 is 24.6. The Morgan fingerprint density at radius 3 is 3.00 bits per heavy atom. The van der Waals surface area contributed by atoms with Crippen LogP contribution in [-0.2, 0) is 16.4 Å². The van der Waals surface area contributed by atoms with E-state index in [9.17, 15) is 8.42 Å². The monoisotopic (exact) mass is 254 g/mol. The van der Waals surface area contributed by atoms with Crippen molar-refractivity contribution in [1.82, 2.24) is 9.29 Å². The number of piperidine rings is 1. The molecule has 0 N–H and O–H groups in total. The van der Waals surface area contributed by atoms with Gasteiger partial charge in [0.2, 0.25) is 10.0 Å². The van der Waals surface area contributed by atoms with Gasteiger partial charge in [0, 0.05) is 25.5 Å². The summed E-state index contributed by atoms with van der Waals surface area (Å²) in [7, 11) is -3.03. The van der Waals surface area contributed by atoms with Gasteiger partial charge in [-0.2, -0.15) is 0 Å². The van der Waals surface area contributed by atoms with Crippen LogP contribution in [0.1, 0.15) is 18.4 Å². The fraction of sp³-hybridized carbons (Fsp3) is 0.583. The van der Waals surface area contributed by atoms with Crippen molar-refractivity contribution in [2.24, 2.45) is 5.92 Å². The average Bonchev–Trinajstić information content (AvgIpc) is 2.29. The number of pyridine rings is 1. The van der Waals surface area contributed by atoms with Gasteiger partial charge in [0.15, 0.2) is 0 Å². The van der Waals surface area contributed by atoms with Crippen LogP contribution in [0.3, 0.4) is 0 Å². The van der Waals surface area contributed by atoms with E-state index in [2.05, 4.69) is 4.98 Å². The molecule has 4 nitrogen and oxygen atoms in total. The fourth-order valence-electron chi connectivity index (χ4n) is 2.35. The number of nitrogens with zero attached hydrogens (tertiary/aromatic N) is 2. The van der Waals surface area contributed by atoms with Crippen molar-refractivity contribution in [1.29, 1.82) is 0 Å². The summed E-state index contributed by atoms with van der Waals surface area (Å²) in [6.45, 7) is 1.32. The molecule has 0 bridgehead atoms. The molecule has 1 aliphatic heterocycles. The lowest BCUT2D eigenvalue weighted by Crippen LogP contribution is -2.39. The van der Waals surface area contributed by atoms with Gasteiger partial charge in [0.1, 0.15) is 0 Å². The molecule has 1 atom stereocenters. The molecule has 0 saturated carbocycles. The van der Waals surface area contributed by atoms with Crippen LogP contribution in [0.5, 0.6) is 0 Å². The number of sulfonamides is 1. The minimum absolute atomic E-state index is 0.419. The molecule has 17 heavy (non-hydrogen) atoms. The van der Waals surface area contributed by atoms with Crippen molar-refractivity contribution < 1.29 is 8.42 Å². The molecular formula is C12H18N2O2S. The van der Waals surface area contributed by atoms with E-state index in [1.165, 1.54) is 11.8 Å². The predicted molar refractivity (Wildman–Crippen MR) is 67.1 cm³/mol. The number of hydrogen-bond donors (Lipinski definition) is 0. The van der Waals surface area contributed by atoms with Crippen molar-refractivity contribution in [3.8, 4) is 0 Å². The van der Waals surface area contributed by atoms with Crippen LogP contribution in [0.4, 0.5) is 0 Å². The maximum absolute atomic E-state index is 11.5. The zero-order valence-corrected chi connectivity index (χ0v) is 10.9. The van der Waals surface area contributed by atoms with E-state index in [1.54, 1.807) is 10.5 Å². The molecule has 94 valence electrons. The molecule has 0 radical (unpaired) electrons. The molecule has 0 aliphatic carbocycles. The standard InChI is InChI=1S/C12H18N2O2S/c1-17(15,16)14-7-3-5-12(10-14)8-11-4-2-6-13-9-11/h2,4,6,9,12H,3,5,7-8,10H2,1H3/t12-/m1/s1. The highest BCUT2D eigenvalue weighted by Crippen LogP contribution is 2.21. The van der Waals surface area contributed by atoms with Crippen molar-refractivity contribution in [2.45, 2.75) is 19.3 Å². The highest BCUT2D eigenvalue weighted by Gasteiger charge is 2.25. The molecule has 2 rings (SSSR count). The van der Waals surface area contributed by atoms with E-state index in [0.29, 0.717) is 19.0 Å². The first-order chi connectivity index (χ1) is 8.05. The van der Waals surface area contributed by atoms with E-state index < -0.39 is 10.0 Å². The second-order valence-corrected chi connectivity index (χ2v) is 6.68. The van der Waals surface area contributed by atoms with Gasteiger partial charge in [-0.3, -0.25) is 4.98 Å². The van der Waals surface area contributed by atoms with Gasteiger partial charge in [0.05, 0.1) is 6.26 Å². The summed E-state index contributed by atoms with van der Waals surface area (Å²) in [6, 6.07) is 3.97. The molecule has 0 unspecified atom stereocenters. The van der Waals surface area contributed by atoms with Gasteiger partial charge in [-0.05, 0) is 36.8 Å². The zero-order chi connectivity index (χ0) is 12.3. The Labute approximate surface area is 103 Å².